The fraction of sp³-hybridized carbons (Fsp3) is 0.545. The molecular formula is C11H16N4O. The van der Waals surface area contributed by atoms with Crippen molar-refractivity contribution in [3.05, 3.63) is 17.6 Å². The molecule has 0 aliphatic carbocycles. The van der Waals surface area contributed by atoms with E-state index in [0.29, 0.717) is 11.4 Å². The summed E-state index contributed by atoms with van der Waals surface area (Å²) in [5.74, 6) is 0.743. The van der Waals surface area contributed by atoms with Crippen molar-refractivity contribution in [2.24, 2.45) is 0 Å². The second-order valence-corrected chi connectivity index (χ2v) is 3.51. The molecule has 16 heavy (non-hydrogen) atoms. The number of hydrogen-bond acceptors (Lipinski definition) is 5. The fourth-order valence-electron chi connectivity index (χ4n) is 1.65. The Morgan fingerprint density at radius 1 is 1.50 bits per heavy atom. The molecule has 0 bridgehead atoms. The maximum absolute atomic E-state index is 8.74. The Labute approximate surface area is 95.3 Å². The Morgan fingerprint density at radius 3 is 2.50 bits per heavy atom. The lowest BCUT2D eigenvalue weighted by Gasteiger charge is -2.28. The molecular weight excluding hydrogens is 204 g/mol. The first-order valence-electron chi connectivity index (χ1n) is 5.21. The first kappa shape index (κ1) is 12.4. The third-order valence-corrected chi connectivity index (χ3v) is 2.88. The van der Waals surface area contributed by atoms with Gasteiger partial charge in [-0.25, -0.2) is 9.97 Å². The highest BCUT2D eigenvalue weighted by atomic mass is 16.5. The van der Waals surface area contributed by atoms with E-state index in [1.807, 2.05) is 19.9 Å². The van der Waals surface area contributed by atoms with Gasteiger partial charge in [0, 0.05) is 7.11 Å². The van der Waals surface area contributed by atoms with Crippen LogP contribution < -0.4 is 5.73 Å². The summed E-state index contributed by atoms with van der Waals surface area (Å²) in [6.07, 6.45) is 2.95. The molecule has 0 aromatic carbocycles. The molecule has 0 fully saturated rings. The highest BCUT2D eigenvalue weighted by Gasteiger charge is 2.31. The van der Waals surface area contributed by atoms with Crippen molar-refractivity contribution in [1.29, 1.82) is 5.26 Å². The van der Waals surface area contributed by atoms with Crippen LogP contribution in [-0.4, -0.2) is 17.1 Å². The normalized spacial score (nSPS) is 11.1. The number of methoxy groups -OCH3 is 1. The molecule has 0 radical (unpaired) electrons. The first-order valence-corrected chi connectivity index (χ1v) is 5.21. The van der Waals surface area contributed by atoms with Crippen molar-refractivity contribution in [2.45, 2.75) is 32.3 Å². The maximum atomic E-state index is 8.74. The standard InChI is InChI=1S/C11H16N4O/c1-4-11(5-2,16-3)10-14-7-8(6-12)9(13)15-10/h7H,4-5H2,1-3H3,(H2,13,14,15). The molecule has 1 heterocycles. The van der Waals surface area contributed by atoms with Crippen LogP contribution >= 0.6 is 0 Å². The van der Waals surface area contributed by atoms with Crippen LogP contribution in [0.1, 0.15) is 38.1 Å². The summed E-state index contributed by atoms with van der Waals surface area (Å²) in [5, 5.41) is 8.74. The second kappa shape index (κ2) is 4.90. The summed E-state index contributed by atoms with van der Waals surface area (Å²) in [4.78, 5) is 8.30. The Kier molecular flexibility index (Phi) is 3.80. The van der Waals surface area contributed by atoms with Crippen LogP contribution in [0.4, 0.5) is 5.82 Å². The zero-order valence-electron chi connectivity index (χ0n) is 9.82. The Hall–Kier alpha value is -1.67. The molecule has 1 rings (SSSR count). The number of nitrogens with two attached hydrogens (primary N) is 1. The number of hydrogen-bond donors (Lipinski definition) is 1. The van der Waals surface area contributed by atoms with Gasteiger partial charge in [0.05, 0.1) is 6.20 Å². The van der Waals surface area contributed by atoms with Gasteiger partial charge in [0.2, 0.25) is 0 Å². The Balaban J connectivity index is 3.23. The average Bonchev–Trinajstić information content (AvgIpc) is 2.32. The van der Waals surface area contributed by atoms with Crippen LogP contribution in [-0.2, 0) is 10.3 Å². The van der Waals surface area contributed by atoms with Crippen molar-refractivity contribution in [3.63, 3.8) is 0 Å². The largest absolute Gasteiger partial charge is 0.382 e. The van der Waals surface area contributed by atoms with E-state index in [1.165, 1.54) is 6.20 Å². The number of anilines is 1. The van der Waals surface area contributed by atoms with Crippen LogP contribution in [0.2, 0.25) is 0 Å². The van der Waals surface area contributed by atoms with Crippen LogP contribution in [0.3, 0.4) is 0 Å². The number of rotatable bonds is 4. The van der Waals surface area contributed by atoms with E-state index >= 15 is 0 Å². The van der Waals surface area contributed by atoms with Gasteiger partial charge < -0.3 is 10.5 Å². The molecule has 1 aromatic heterocycles. The zero-order chi connectivity index (χ0) is 12.2. The van der Waals surface area contributed by atoms with Gasteiger partial charge in [-0.2, -0.15) is 5.26 Å². The summed E-state index contributed by atoms with van der Waals surface area (Å²) >= 11 is 0. The molecule has 5 heteroatoms. The van der Waals surface area contributed by atoms with Crippen LogP contribution in [0.25, 0.3) is 0 Å². The second-order valence-electron chi connectivity index (χ2n) is 3.51. The van der Waals surface area contributed by atoms with Gasteiger partial charge in [0.15, 0.2) is 5.82 Å². The van der Waals surface area contributed by atoms with E-state index in [9.17, 15) is 0 Å². The third-order valence-electron chi connectivity index (χ3n) is 2.88. The van der Waals surface area contributed by atoms with Gasteiger partial charge in [0.25, 0.3) is 0 Å². The molecule has 0 saturated carbocycles. The molecule has 0 unspecified atom stereocenters. The molecule has 2 N–H and O–H groups in total. The minimum atomic E-state index is -0.512. The van der Waals surface area contributed by atoms with Gasteiger partial charge in [-0.3, -0.25) is 0 Å². The highest BCUT2D eigenvalue weighted by Crippen LogP contribution is 2.30. The Bertz CT molecular complexity index is 399. The molecule has 5 nitrogen and oxygen atoms in total. The lowest BCUT2D eigenvalue weighted by Crippen LogP contribution is -2.29. The van der Waals surface area contributed by atoms with Crippen LogP contribution in [0.15, 0.2) is 6.20 Å². The molecule has 0 spiro atoms. The summed E-state index contributed by atoms with van der Waals surface area (Å²) in [6, 6.07) is 1.94. The van der Waals surface area contributed by atoms with E-state index in [-0.39, 0.29) is 5.82 Å². The maximum Gasteiger partial charge on any atom is 0.162 e. The topological polar surface area (TPSA) is 84.8 Å². The van der Waals surface area contributed by atoms with Crippen LogP contribution in [0.5, 0.6) is 0 Å². The highest BCUT2D eigenvalue weighted by molar-refractivity contribution is 5.46. The predicted octanol–water partition coefficient (Wildman–Crippen LogP) is 1.59. The molecule has 0 amide bonds. The molecule has 0 aliphatic heterocycles. The van der Waals surface area contributed by atoms with Gasteiger partial charge in [-0.1, -0.05) is 13.8 Å². The van der Waals surface area contributed by atoms with Crippen molar-refractivity contribution < 1.29 is 4.74 Å². The lowest BCUT2D eigenvalue weighted by atomic mass is 9.96. The quantitative estimate of drug-likeness (QED) is 0.832. The summed E-state index contributed by atoms with van der Waals surface area (Å²) < 4.78 is 5.49. The van der Waals surface area contributed by atoms with Crippen molar-refractivity contribution in [3.8, 4) is 6.07 Å². The minimum Gasteiger partial charge on any atom is -0.382 e. The van der Waals surface area contributed by atoms with Gasteiger partial charge in [-0.05, 0) is 12.8 Å². The molecule has 0 saturated heterocycles. The van der Waals surface area contributed by atoms with Gasteiger partial charge in [-0.15, -0.1) is 0 Å². The number of nitriles is 1. The zero-order valence-corrected chi connectivity index (χ0v) is 9.82. The lowest BCUT2D eigenvalue weighted by molar-refractivity contribution is -0.0290. The van der Waals surface area contributed by atoms with E-state index in [0.717, 1.165) is 12.8 Å². The average molecular weight is 220 g/mol. The smallest absolute Gasteiger partial charge is 0.162 e. The fourth-order valence-corrected chi connectivity index (χ4v) is 1.65. The van der Waals surface area contributed by atoms with Crippen LogP contribution in [0, 0.1) is 11.3 Å². The summed E-state index contributed by atoms with van der Waals surface area (Å²) in [7, 11) is 1.63. The third kappa shape index (κ3) is 1.97. The van der Waals surface area contributed by atoms with Crippen molar-refractivity contribution in [2.75, 3.05) is 12.8 Å². The van der Waals surface area contributed by atoms with Gasteiger partial charge >= 0.3 is 0 Å². The Morgan fingerprint density at radius 2 is 2.12 bits per heavy atom. The molecule has 0 atom stereocenters. The van der Waals surface area contributed by atoms with E-state index < -0.39 is 5.60 Å². The monoisotopic (exact) mass is 220 g/mol. The number of ether oxygens (including phenoxy) is 1. The molecule has 1 aromatic rings. The van der Waals surface area contributed by atoms with Gasteiger partial charge in [0.1, 0.15) is 23.1 Å². The van der Waals surface area contributed by atoms with E-state index in [1.54, 1.807) is 7.11 Å². The number of aromatic nitrogens is 2. The minimum absolute atomic E-state index is 0.204. The predicted molar refractivity (Wildman–Crippen MR) is 60.4 cm³/mol. The summed E-state index contributed by atoms with van der Waals surface area (Å²) in [6.45, 7) is 4.01. The molecule has 0 aliphatic rings. The van der Waals surface area contributed by atoms with E-state index in [4.69, 9.17) is 15.7 Å². The first-order chi connectivity index (χ1) is 7.63. The SMILES string of the molecule is CCC(CC)(OC)c1ncc(C#N)c(N)n1. The number of nitrogen functional groups attached to an aromatic ring is 1. The van der Waals surface area contributed by atoms with Crippen molar-refractivity contribution >= 4 is 5.82 Å². The number of nitrogens with zero attached hydrogens (tertiary/aromatic N) is 3. The molecule has 86 valence electrons. The van der Waals surface area contributed by atoms with Crippen molar-refractivity contribution in [1.82, 2.24) is 9.97 Å². The van der Waals surface area contributed by atoms with E-state index in [2.05, 4.69) is 9.97 Å². The summed E-state index contributed by atoms with van der Waals surface area (Å²) in [5.41, 5.74) is 5.44.